The summed E-state index contributed by atoms with van der Waals surface area (Å²) in [5, 5.41) is 0. The molecule has 6 heteroatoms. The van der Waals surface area contributed by atoms with E-state index >= 15 is 0 Å². The van der Waals surface area contributed by atoms with Crippen molar-refractivity contribution < 1.29 is 17.9 Å². The van der Waals surface area contributed by atoms with Gasteiger partial charge in [-0.05, 0) is 17.7 Å². The number of nitrogens with two attached hydrogens (primary N) is 1. The van der Waals surface area contributed by atoms with Gasteiger partial charge in [-0.15, -0.1) is 0 Å². The molecule has 1 heterocycles. The molecule has 1 aliphatic heterocycles. The summed E-state index contributed by atoms with van der Waals surface area (Å²) < 4.78 is 43.4. The lowest BCUT2D eigenvalue weighted by molar-refractivity contribution is -0.149. The first-order chi connectivity index (χ1) is 7.39. The van der Waals surface area contributed by atoms with Crippen molar-refractivity contribution in [2.45, 2.75) is 18.6 Å². The Kier molecular flexibility index (Phi) is 2.88. The summed E-state index contributed by atoms with van der Waals surface area (Å²) >= 11 is 3.17. The zero-order valence-electron chi connectivity index (χ0n) is 8.14. The quantitative estimate of drug-likeness (QED) is 0.864. The van der Waals surface area contributed by atoms with Gasteiger partial charge in [0.05, 0.1) is 6.61 Å². The minimum atomic E-state index is -4.46. The van der Waals surface area contributed by atoms with Crippen molar-refractivity contribution in [1.82, 2.24) is 0 Å². The van der Waals surface area contributed by atoms with Gasteiger partial charge in [0.2, 0.25) is 0 Å². The molecule has 0 bridgehead atoms. The third-order valence-electron chi connectivity index (χ3n) is 2.46. The van der Waals surface area contributed by atoms with Crippen molar-refractivity contribution in [3.05, 3.63) is 27.7 Å². The predicted molar refractivity (Wildman–Crippen MR) is 56.3 cm³/mol. The monoisotopic (exact) mass is 295 g/mol. The van der Waals surface area contributed by atoms with Gasteiger partial charge in [0, 0.05) is 16.5 Å². The van der Waals surface area contributed by atoms with Crippen LogP contribution in [0.1, 0.15) is 17.2 Å². The fourth-order valence-electron chi connectivity index (χ4n) is 1.71. The van der Waals surface area contributed by atoms with Crippen LogP contribution in [0.3, 0.4) is 0 Å². The molecule has 1 atom stereocenters. The molecule has 0 fully saturated rings. The maximum Gasteiger partial charge on any atom is 0.407 e. The summed E-state index contributed by atoms with van der Waals surface area (Å²) in [7, 11) is 0. The molecule has 1 aromatic carbocycles. The molecule has 1 aliphatic rings. The van der Waals surface area contributed by atoms with Crippen LogP contribution < -0.4 is 10.5 Å². The molecule has 0 aromatic heterocycles. The summed E-state index contributed by atoms with van der Waals surface area (Å²) in [5.41, 5.74) is 5.95. The predicted octanol–water partition coefficient (Wildman–Crippen LogP) is 2.95. The SMILES string of the molecule is NC(c1cc(Br)cc2c1OCC2)C(F)(F)F. The largest absolute Gasteiger partial charge is 0.493 e. The van der Waals surface area contributed by atoms with Gasteiger partial charge in [-0.1, -0.05) is 15.9 Å². The average molecular weight is 296 g/mol. The lowest BCUT2D eigenvalue weighted by Gasteiger charge is -2.18. The fourth-order valence-corrected chi connectivity index (χ4v) is 2.23. The van der Waals surface area contributed by atoms with Crippen molar-refractivity contribution in [1.29, 1.82) is 0 Å². The zero-order chi connectivity index (χ0) is 11.9. The summed E-state index contributed by atoms with van der Waals surface area (Å²) in [6.45, 7) is 0.406. The highest BCUT2D eigenvalue weighted by Crippen LogP contribution is 2.41. The second-order valence-corrected chi connectivity index (χ2v) is 4.52. The number of halogens is 4. The lowest BCUT2D eigenvalue weighted by Crippen LogP contribution is -2.28. The number of hydrogen-bond donors (Lipinski definition) is 1. The Morgan fingerprint density at radius 1 is 1.38 bits per heavy atom. The topological polar surface area (TPSA) is 35.2 Å². The van der Waals surface area contributed by atoms with E-state index in [0.29, 0.717) is 17.5 Å². The normalized spacial score (nSPS) is 16.8. The van der Waals surface area contributed by atoms with E-state index in [1.807, 2.05) is 0 Å². The van der Waals surface area contributed by atoms with E-state index in [2.05, 4.69) is 15.9 Å². The van der Waals surface area contributed by atoms with Gasteiger partial charge in [0.15, 0.2) is 0 Å². The van der Waals surface area contributed by atoms with Crippen LogP contribution in [0.2, 0.25) is 0 Å². The van der Waals surface area contributed by atoms with E-state index in [9.17, 15) is 13.2 Å². The standard InChI is InChI=1S/C10H9BrF3NO/c11-6-3-5-1-2-16-8(5)7(4-6)9(15)10(12,13)14/h3-4,9H,1-2,15H2. The maximum absolute atomic E-state index is 12.5. The summed E-state index contributed by atoms with van der Waals surface area (Å²) in [6, 6.07) is 1.12. The molecule has 2 N–H and O–H groups in total. The first-order valence-corrected chi connectivity index (χ1v) is 5.46. The maximum atomic E-state index is 12.5. The highest BCUT2D eigenvalue weighted by molar-refractivity contribution is 9.10. The third-order valence-corrected chi connectivity index (χ3v) is 2.92. The highest BCUT2D eigenvalue weighted by atomic mass is 79.9. The van der Waals surface area contributed by atoms with Gasteiger partial charge in [0.1, 0.15) is 11.8 Å². The van der Waals surface area contributed by atoms with Gasteiger partial charge >= 0.3 is 6.18 Å². The minimum absolute atomic E-state index is 0.00521. The Morgan fingerprint density at radius 3 is 2.69 bits per heavy atom. The molecular weight excluding hydrogens is 287 g/mol. The number of benzene rings is 1. The second kappa shape index (κ2) is 3.92. The van der Waals surface area contributed by atoms with Crippen molar-refractivity contribution in [3.8, 4) is 5.75 Å². The van der Waals surface area contributed by atoms with Gasteiger partial charge in [-0.2, -0.15) is 13.2 Å². The number of alkyl halides is 3. The van der Waals surface area contributed by atoms with Gasteiger partial charge in [-0.3, -0.25) is 0 Å². The molecule has 2 rings (SSSR count). The van der Waals surface area contributed by atoms with Gasteiger partial charge in [-0.25, -0.2) is 0 Å². The van der Waals surface area contributed by atoms with Crippen molar-refractivity contribution >= 4 is 15.9 Å². The molecular formula is C10H9BrF3NO. The number of rotatable bonds is 1. The van der Waals surface area contributed by atoms with Crippen LogP contribution in [0.5, 0.6) is 5.75 Å². The Morgan fingerprint density at radius 2 is 2.06 bits per heavy atom. The van der Waals surface area contributed by atoms with E-state index in [1.54, 1.807) is 6.07 Å². The Balaban J connectivity index is 2.49. The summed E-state index contributed by atoms with van der Waals surface area (Å²) in [6.07, 6.45) is -3.84. The van der Waals surface area contributed by atoms with Crippen LogP contribution in [0.25, 0.3) is 0 Å². The van der Waals surface area contributed by atoms with E-state index in [4.69, 9.17) is 10.5 Å². The van der Waals surface area contributed by atoms with E-state index in [1.165, 1.54) is 6.07 Å². The van der Waals surface area contributed by atoms with E-state index < -0.39 is 12.2 Å². The Bertz CT molecular complexity index is 419. The number of fused-ring (bicyclic) bond motifs is 1. The third kappa shape index (κ3) is 2.04. The molecule has 0 radical (unpaired) electrons. The van der Waals surface area contributed by atoms with Crippen LogP contribution in [0, 0.1) is 0 Å². The molecule has 88 valence electrons. The summed E-state index contributed by atoms with van der Waals surface area (Å²) in [4.78, 5) is 0. The Hall–Kier alpha value is -0.750. The lowest BCUT2D eigenvalue weighted by atomic mass is 10.0. The van der Waals surface area contributed by atoms with Crippen molar-refractivity contribution in [3.63, 3.8) is 0 Å². The van der Waals surface area contributed by atoms with Crippen molar-refractivity contribution in [2.75, 3.05) is 6.61 Å². The molecule has 0 amide bonds. The molecule has 2 nitrogen and oxygen atoms in total. The van der Waals surface area contributed by atoms with E-state index in [-0.39, 0.29) is 11.3 Å². The Labute approximate surface area is 98.7 Å². The molecule has 0 spiro atoms. The van der Waals surface area contributed by atoms with Crippen LogP contribution in [0.15, 0.2) is 16.6 Å². The van der Waals surface area contributed by atoms with Crippen LogP contribution in [0.4, 0.5) is 13.2 Å². The molecule has 16 heavy (non-hydrogen) atoms. The summed E-state index contributed by atoms with van der Waals surface area (Å²) in [5.74, 6) is 0.285. The average Bonchev–Trinajstić information content (AvgIpc) is 2.61. The second-order valence-electron chi connectivity index (χ2n) is 3.60. The van der Waals surface area contributed by atoms with Gasteiger partial charge < -0.3 is 10.5 Å². The molecule has 0 aliphatic carbocycles. The van der Waals surface area contributed by atoms with Crippen LogP contribution in [-0.2, 0) is 6.42 Å². The van der Waals surface area contributed by atoms with Gasteiger partial charge in [0.25, 0.3) is 0 Å². The zero-order valence-corrected chi connectivity index (χ0v) is 9.73. The number of ether oxygens (including phenoxy) is 1. The smallest absolute Gasteiger partial charge is 0.407 e. The fraction of sp³-hybridized carbons (Fsp3) is 0.400. The van der Waals surface area contributed by atoms with Crippen LogP contribution in [-0.4, -0.2) is 12.8 Å². The molecule has 0 saturated heterocycles. The van der Waals surface area contributed by atoms with Crippen molar-refractivity contribution in [2.24, 2.45) is 5.73 Å². The van der Waals surface area contributed by atoms with E-state index in [0.717, 1.165) is 5.56 Å². The minimum Gasteiger partial charge on any atom is -0.493 e. The highest BCUT2D eigenvalue weighted by Gasteiger charge is 2.40. The number of hydrogen-bond acceptors (Lipinski definition) is 2. The molecule has 1 aromatic rings. The first-order valence-electron chi connectivity index (χ1n) is 4.67. The molecule has 0 saturated carbocycles. The first kappa shape index (κ1) is 11.7. The van der Waals surface area contributed by atoms with Crippen LogP contribution >= 0.6 is 15.9 Å². The molecule has 1 unspecified atom stereocenters.